The van der Waals surface area contributed by atoms with Crippen LogP contribution in [-0.4, -0.2) is 46.0 Å². The average Bonchev–Trinajstić information content (AvgIpc) is 2.82. The lowest BCUT2D eigenvalue weighted by atomic mass is 9.74. The van der Waals surface area contributed by atoms with Crippen molar-refractivity contribution in [3.8, 4) is 17.2 Å². The van der Waals surface area contributed by atoms with Gasteiger partial charge in [0.25, 0.3) is 5.91 Å². The van der Waals surface area contributed by atoms with Crippen LogP contribution in [0.4, 0.5) is 0 Å². The highest BCUT2D eigenvalue weighted by Gasteiger charge is 2.35. The topological polar surface area (TPSA) is 66.0 Å². The van der Waals surface area contributed by atoms with Crippen molar-refractivity contribution >= 4 is 17.5 Å². The van der Waals surface area contributed by atoms with Crippen LogP contribution in [-0.2, 0) is 10.2 Å². The van der Waals surface area contributed by atoms with Crippen molar-refractivity contribution in [1.29, 1.82) is 0 Å². The van der Waals surface area contributed by atoms with Gasteiger partial charge in [0, 0.05) is 30.7 Å². The molecule has 2 aromatic carbocycles. The molecule has 0 saturated carbocycles. The van der Waals surface area contributed by atoms with E-state index in [4.69, 9.17) is 30.5 Å². The molecule has 1 aliphatic heterocycles. The van der Waals surface area contributed by atoms with Crippen LogP contribution in [0.1, 0.15) is 49.0 Å². The first kappa shape index (κ1) is 24.2. The van der Waals surface area contributed by atoms with E-state index < -0.39 is 0 Å². The Morgan fingerprint density at radius 3 is 2.47 bits per heavy atom. The summed E-state index contributed by atoms with van der Waals surface area (Å²) in [5, 5.41) is 3.48. The van der Waals surface area contributed by atoms with Crippen LogP contribution in [0.15, 0.2) is 36.4 Å². The maximum atomic E-state index is 13.1. The monoisotopic (exact) mass is 461 g/mol. The molecule has 0 aromatic heterocycles. The van der Waals surface area contributed by atoms with E-state index in [0.29, 0.717) is 55.1 Å². The number of hydrogen-bond acceptors (Lipinski definition) is 5. The second kappa shape index (κ2) is 11.4. The molecule has 1 fully saturated rings. The summed E-state index contributed by atoms with van der Waals surface area (Å²) in [7, 11) is 1.65. The van der Waals surface area contributed by atoms with Gasteiger partial charge in [-0.3, -0.25) is 4.79 Å². The number of halogens is 1. The van der Waals surface area contributed by atoms with Crippen LogP contribution >= 0.6 is 11.6 Å². The Balaban J connectivity index is 1.80. The van der Waals surface area contributed by atoms with Crippen LogP contribution < -0.4 is 19.5 Å². The van der Waals surface area contributed by atoms with E-state index in [9.17, 15) is 4.79 Å². The molecule has 1 aliphatic rings. The summed E-state index contributed by atoms with van der Waals surface area (Å²) >= 11 is 6.44. The van der Waals surface area contributed by atoms with Crippen LogP contribution in [0.5, 0.6) is 17.2 Å². The molecule has 1 heterocycles. The predicted molar refractivity (Wildman–Crippen MR) is 125 cm³/mol. The number of nitrogens with one attached hydrogen (secondary N) is 1. The first-order valence-electron chi connectivity index (χ1n) is 11.1. The van der Waals surface area contributed by atoms with E-state index in [1.165, 1.54) is 5.56 Å². The zero-order chi connectivity index (χ0) is 23.0. The minimum Gasteiger partial charge on any atom is -0.497 e. The Hall–Kier alpha value is -2.44. The number of methoxy groups -OCH3 is 1. The van der Waals surface area contributed by atoms with Crippen molar-refractivity contribution < 1.29 is 23.7 Å². The minimum absolute atomic E-state index is 0.198. The van der Waals surface area contributed by atoms with Gasteiger partial charge in [-0.2, -0.15) is 0 Å². The third-order valence-corrected chi connectivity index (χ3v) is 6.04. The molecule has 0 aliphatic carbocycles. The lowest BCUT2D eigenvalue weighted by Crippen LogP contribution is -2.44. The zero-order valence-corrected chi connectivity index (χ0v) is 19.8. The molecule has 174 valence electrons. The van der Waals surface area contributed by atoms with Gasteiger partial charge in [0.05, 0.1) is 25.3 Å². The van der Waals surface area contributed by atoms with E-state index in [1.807, 2.05) is 26.0 Å². The number of hydrogen-bond donors (Lipinski definition) is 1. The molecule has 3 rings (SSSR count). The molecule has 0 unspecified atom stereocenters. The fourth-order valence-corrected chi connectivity index (χ4v) is 4.20. The first-order valence-corrected chi connectivity index (χ1v) is 11.5. The highest BCUT2D eigenvalue weighted by atomic mass is 35.5. The number of benzene rings is 2. The van der Waals surface area contributed by atoms with Gasteiger partial charge in [0.15, 0.2) is 11.5 Å². The van der Waals surface area contributed by atoms with Gasteiger partial charge in [-0.1, -0.05) is 30.7 Å². The lowest BCUT2D eigenvalue weighted by molar-refractivity contribution is 0.0487. The lowest BCUT2D eigenvalue weighted by Gasteiger charge is -2.38. The normalized spacial score (nSPS) is 15.1. The third-order valence-electron chi connectivity index (χ3n) is 5.76. The molecule has 7 heteroatoms. The minimum atomic E-state index is -0.200. The molecular formula is C25H32ClNO5. The molecule has 1 N–H and O–H groups in total. The number of rotatable bonds is 10. The molecule has 1 saturated heterocycles. The summed E-state index contributed by atoms with van der Waals surface area (Å²) in [5.74, 6) is 1.57. The second-order valence-corrected chi connectivity index (χ2v) is 8.28. The van der Waals surface area contributed by atoms with E-state index in [1.54, 1.807) is 19.2 Å². The predicted octanol–water partition coefficient (Wildman–Crippen LogP) is 5.01. The van der Waals surface area contributed by atoms with Crippen molar-refractivity contribution in [3.05, 3.63) is 52.5 Å². The number of carbonyl (C=O) groups excluding carboxylic acids is 1. The summed E-state index contributed by atoms with van der Waals surface area (Å²) < 4.78 is 22.3. The molecule has 0 spiro atoms. The zero-order valence-electron chi connectivity index (χ0n) is 19.0. The standard InChI is InChI=1S/C25H32ClNO5/c1-4-12-32-23-21(26)15-18(16-22(23)31-5-2)24(28)27-17-25(10-13-30-14-11-25)19-6-8-20(29-3)9-7-19/h6-9,15-16H,4-5,10-14,17H2,1-3H3,(H,27,28). The average molecular weight is 462 g/mol. The van der Waals surface area contributed by atoms with Gasteiger partial charge in [0.2, 0.25) is 0 Å². The quantitative estimate of drug-likeness (QED) is 0.538. The summed E-state index contributed by atoms with van der Waals surface area (Å²) in [6.07, 6.45) is 2.50. The number of carbonyl (C=O) groups is 1. The summed E-state index contributed by atoms with van der Waals surface area (Å²) in [6.45, 7) is 6.69. The smallest absolute Gasteiger partial charge is 0.251 e. The Bertz CT molecular complexity index is 894. The fraction of sp³-hybridized carbons (Fsp3) is 0.480. The van der Waals surface area contributed by atoms with Crippen molar-refractivity contribution in [3.63, 3.8) is 0 Å². The van der Waals surface area contributed by atoms with Crippen molar-refractivity contribution in [1.82, 2.24) is 5.32 Å². The van der Waals surface area contributed by atoms with Crippen molar-refractivity contribution in [2.75, 3.05) is 40.1 Å². The molecule has 6 nitrogen and oxygen atoms in total. The van der Waals surface area contributed by atoms with E-state index >= 15 is 0 Å². The third kappa shape index (κ3) is 5.67. The second-order valence-electron chi connectivity index (χ2n) is 7.87. The summed E-state index contributed by atoms with van der Waals surface area (Å²) in [5.41, 5.74) is 1.41. The number of ether oxygens (including phenoxy) is 4. The molecule has 0 atom stereocenters. The van der Waals surface area contributed by atoms with Crippen LogP contribution in [0.25, 0.3) is 0 Å². The summed E-state index contributed by atoms with van der Waals surface area (Å²) in [4.78, 5) is 13.1. The molecule has 2 aromatic rings. The van der Waals surface area contributed by atoms with Gasteiger partial charge >= 0.3 is 0 Å². The molecule has 0 bridgehead atoms. The van der Waals surface area contributed by atoms with Gasteiger partial charge in [0.1, 0.15) is 5.75 Å². The maximum absolute atomic E-state index is 13.1. The van der Waals surface area contributed by atoms with Gasteiger partial charge in [-0.05, 0) is 56.0 Å². The molecule has 1 amide bonds. The fourth-order valence-electron chi connectivity index (χ4n) is 3.93. The first-order chi connectivity index (χ1) is 15.5. The Morgan fingerprint density at radius 2 is 1.84 bits per heavy atom. The van der Waals surface area contributed by atoms with Crippen molar-refractivity contribution in [2.24, 2.45) is 0 Å². The molecule has 32 heavy (non-hydrogen) atoms. The maximum Gasteiger partial charge on any atom is 0.251 e. The Labute approximate surface area is 195 Å². The van der Waals surface area contributed by atoms with E-state index in [-0.39, 0.29) is 11.3 Å². The number of amides is 1. The highest BCUT2D eigenvalue weighted by molar-refractivity contribution is 6.32. The van der Waals surface area contributed by atoms with E-state index in [2.05, 4.69) is 17.4 Å². The van der Waals surface area contributed by atoms with Gasteiger partial charge < -0.3 is 24.3 Å². The molecular weight excluding hydrogens is 430 g/mol. The SMILES string of the molecule is CCCOc1c(Cl)cc(C(=O)NCC2(c3ccc(OC)cc3)CCOCC2)cc1OCC. The van der Waals surface area contributed by atoms with Gasteiger partial charge in [-0.15, -0.1) is 0 Å². The highest BCUT2D eigenvalue weighted by Crippen LogP contribution is 2.38. The summed E-state index contributed by atoms with van der Waals surface area (Å²) in [6, 6.07) is 11.4. The Morgan fingerprint density at radius 1 is 1.12 bits per heavy atom. The van der Waals surface area contributed by atoms with Crippen molar-refractivity contribution in [2.45, 2.75) is 38.5 Å². The van der Waals surface area contributed by atoms with Crippen LogP contribution in [0.3, 0.4) is 0 Å². The van der Waals surface area contributed by atoms with E-state index in [0.717, 1.165) is 25.0 Å². The van der Waals surface area contributed by atoms with Gasteiger partial charge in [-0.25, -0.2) is 0 Å². The van der Waals surface area contributed by atoms with Crippen LogP contribution in [0, 0.1) is 0 Å². The molecule has 0 radical (unpaired) electrons. The van der Waals surface area contributed by atoms with Crippen LogP contribution in [0.2, 0.25) is 5.02 Å². The Kier molecular flexibility index (Phi) is 8.65. The largest absolute Gasteiger partial charge is 0.497 e.